The predicted molar refractivity (Wildman–Crippen MR) is 188 cm³/mol. The Morgan fingerprint density at radius 3 is 2.06 bits per heavy atom. The van der Waals surface area contributed by atoms with Crippen LogP contribution in [0.5, 0.6) is 34.5 Å². The Morgan fingerprint density at radius 1 is 0.900 bits per heavy atom. The summed E-state index contributed by atoms with van der Waals surface area (Å²) in [5.74, 6) is 1.02. The molecule has 6 rings (SSSR count). The molecular formula is C38H43N5O7. The van der Waals surface area contributed by atoms with Crippen molar-refractivity contribution in [2.24, 2.45) is 0 Å². The van der Waals surface area contributed by atoms with Crippen molar-refractivity contribution in [1.82, 2.24) is 20.1 Å². The summed E-state index contributed by atoms with van der Waals surface area (Å²) in [7, 11) is 9.93. The minimum atomic E-state index is -0.785. The van der Waals surface area contributed by atoms with Gasteiger partial charge in [-0.2, -0.15) is 5.26 Å². The van der Waals surface area contributed by atoms with E-state index >= 15 is 0 Å². The second-order valence-corrected chi connectivity index (χ2v) is 13.0. The first-order chi connectivity index (χ1) is 24.0. The lowest BCUT2D eigenvalue weighted by atomic mass is 9.80. The van der Waals surface area contributed by atoms with Gasteiger partial charge in [0, 0.05) is 57.4 Å². The molecular weight excluding hydrogens is 638 g/mol. The maximum absolute atomic E-state index is 13.8. The van der Waals surface area contributed by atoms with Crippen molar-refractivity contribution < 1.29 is 34.0 Å². The molecule has 262 valence electrons. The summed E-state index contributed by atoms with van der Waals surface area (Å²) in [5.41, 5.74) is 4.62. The van der Waals surface area contributed by atoms with E-state index < -0.39 is 24.0 Å². The van der Waals surface area contributed by atoms with Gasteiger partial charge in [-0.3, -0.25) is 9.69 Å². The van der Waals surface area contributed by atoms with Crippen LogP contribution in [0.2, 0.25) is 0 Å². The van der Waals surface area contributed by atoms with Crippen molar-refractivity contribution in [2.45, 2.75) is 50.9 Å². The Hall–Kier alpha value is -5.25. The fourth-order valence-corrected chi connectivity index (χ4v) is 8.09. The van der Waals surface area contributed by atoms with E-state index in [9.17, 15) is 20.3 Å². The van der Waals surface area contributed by atoms with Gasteiger partial charge in [-0.1, -0.05) is 24.3 Å². The standard InChI is InChI=1S/C38H43N5O7/c1-19-34(47-5)22-15-26(42(3)4)28(17-39)43-27(30(22)32(44)36(19)49-7)16-23-31(33(45)37(50-8)20(2)35(23)48-6)29(43)18-40-38(46)25-14-13-21-11-9-10-12-24(21)41-25/h9-14,26-29,44-45H,15-16,18H2,1-8H3,(H,40,46)/t26?,27-,28-,29-/m0/s1. The molecule has 0 spiro atoms. The summed E-state index contributed by atoms with van der Waals surface area (Å²) in [5, 5.41) is 38.9. The monoisotopic (exact) mass is 681 g/mol. The summed E-state index contributed by atoms with van der Waals surface area (Å²) in [6, 6.07) is 11.0. The van der Waals surface area contributed by atoms with E-state index in [4.69, 9.17) is 18.9 Å². The number of rotatable bonds is 8. The number of nitrogens with zero attached hydrogens (tertiary/aromatic N) is 4. The van der Waals surface area contributed by atoms with Crippen LogP contribution >= 0.6 is 0 Å². The molecule has 3 heterocycles. The fourth-order valence-electron chi connectivity index (χ4n) is 8.09. The number of likely N-dealkylation sites (N-methyl/N-ethyl adjacent to an activating group) is 1. The van der Waals surface area contributed by atoms with Crippen LogP contribution in [0, 0.1) is 25.2 Å². The number of pyridine rings is 1. The summed E-state index contributed by atoms with van der Waals surface area (Å²) < 4.78 is 23.4. The number of phenolic OH excluding ortho intramolecular Hbond substituents is 2. The zero-order chi connectivity index (χ0) is 36.0. The molecule has 0 radical (unpaired) electrons. The number of fused-ring (bicyclic) bond motifs is 5. The number of carbonyl (C=O) groups is 1. The van der Waals surface area contributed by atoms with Gasteiger partial charge in [-0.05, 0) is 52.9 Å². The average molecular weight is 682 g/mol. The summed E-state index contributed by atoms with van der Waals surface area (Å²) in [6.07, 6.45) is 0.624. The number of nitriles is 1. The van der Waals surface area contributed by atoms with Crippen LogP contribution in [0.1, 0.15) is 56.0 Å². The molecule has 0 bridgehead atoms. The molecule has 50 heavy (non-hydrogen) atoms. The molecule has 4 aromatic rings. The highest BCUT2D eigenvalue weighted by molar-refractivity contribution is 5.95. The number of amides is 1. The van der Waals surface area contributed by atoms with Crippen molar-refractivity contribution in [1.29, 1.82) is 5.26 Å². The van der Waals surface area contributed by atoms with E-state index in [1.54, 1.807) is 27.2 Å². The first-order valence-corrected chi connectivity index (χ1v) is 16.4. The summed E-state index contributed by atoms with van der Waals surface area (Å²) in [4.78, 5) is 22.3. The van der Waals surface area contributed by atoms with E-state index in [0.29, 0.717) is 51.3 Å². The molecule has 12 heteroatoms. The van der Waals surface area contributed by atoms with Crippen LogP contribution in [0.4, 0.5) is 0 Å². The van der Waals surface area contributed by atoms with Crippen LogP contribution in [-0.4, -0.2) is 92.1 Å². The Labute approximate surface area is 291 Å². The van der Waals surface area contributed by atoms with Crippen molar-refractivity contribution in [3.8, 4) is 40.6 Å². The van der Waals surface area contributed by atoms with Crippen molar-refractivity contribution in [3.05, 3.63) is 75.5 Å². The van der Waals surface area contributed by atoms with Gasteiger partial charge in [-0.25, -0.2) is 4.98 Å². The second kappa shape index (κ2) is 13.6. The number of hydrogen-bond donors (Lipinski definition) is 3. The van der Waals surface area contributed by atoms with Crippen LogP contribution < -0.4 is 24.3 Å². The molecule has 4 atom stereocenters. The summed E-state index contributed by atoms with van der Waals surface area (Å²) in [6.45, 7) is 3.62. The number of aromatic nitrogens is 1. The number of nitrogens with one attached hydrogen (secondary N) is 1. The van der Waals surface area contributed by atoms with E-state index in [2.05, 4.69) is 16.4 Å². The van der Waals surface area contributed by atoms with E-state index in [0.717, 1.165) is 10.9 Å². The lowest BCUT2D eigenvalue weighted by molar-refractivity contribution is 0.0478. The highest BCUT2D eigenvalue weighted by atomic mass is 16.5. The van der Waals surface area contributed by atoms with E-state index in [1.165, 1.54) is 14.2 Å². The number of methoxy groups -OCH3 is 4. The maximum Gasteiger partial charge on any atom is 0.269 e. The molecule has 0 aliphatic carbocycles. The SMILES string of the molecule is COc1c(C)c(OC)c2c(c1O)[C@H](CNC(=O)c1ccc3ccccc3n1)N1[C@@H](C2)c2c(O)c(OC)c(C)c(OC)c2CC(N(C)C)[C@@H]1C#N. The molecule has 0 saturated heterocycles. The van der Waals surface area contributed by atoms with E-state index in [1.807, 2.05) is 61.2 Å². The average Bonchev–Trinajstić information content (AvgIpc) is 3.25. The minimum absolute atomic E-state index is 0.0195. The van der Waals surface area contributed by atoms with Gasteiger partial charge in [0.25, 0.3) is 5.91 Å². The Kier molecular flexibility index (Phi) is 9.39. The third-order valence-electron chi connectivity index (χ3n) is 10.3. The Bertz CT molecular complexity index is 2020. The third kappa shape index (κ3) is 5.37. The first-order valence-electron chi connectivity index (χ1n) is 16.4. The number of para-hydroxylation sites is 1. The van der Waals surface area contributed by atoms with Gasteiger partial charge >= 0.3 is 0 Å². The third-order valence-corrected chi connectivity index (χ3v) is 10.3. The predicted octanol–water partition coefficient (Wildman–Crippen LogP) is 4.75. The molecule has 2 aliphatic heterocycles. The molecule has 0 saturated carbocycles. The number of aromatic hydroxyl groups is 2. The zero-order valence-electron chi connectivity index (χ0n) is 29.6. The summed E-state index contributed by atoms with van der Waals surface area (Å²) >= 11 is 0. The fraction of sp³-hybridized carbons (Fsp3) is 0.395. The molecule has 1 unspecified atom stereocenters. The molecule has 2 aliphatic rings. The molecule has 3 N–H and O–H groups in total. The van der Waals surface area contributed by atoms with Gasteiger partial charge in [-0.15, -0.1) is 0 Å². The number of hydrogen-bond acceptors (Lipinski definition) is 11. The topological polar surface area (TPSA) is 150 Å². The normalized spacial score (nSPS) is 19.8. The smallest absolute Gasteiger partial charge is 0.269 e. The minimum Gasteiger partial charge on any atom is -0.504 e. The lowest BCUT2D eigenvalue weighted by Gasteiger charge is -2.47. The molecule has 1 aromatic heterocycles. The maximum atomic E-state index is 13.8. The van der Waals surface area contributed by atoms with Gasteiger partial charge in [0.1, 0.15) is 23.2 Å². The largest absolute Gasteiger partial charge is 0.504 e. The van der Waals surface area contributed by atoms with Crippen LogP contribution in [0.25, 0.3) is 10.9 Å². The lowest BCUT2D eigenvalue weighted by Crippen LogP contribution is -2.54. The van der Waals surface area contributed by atoms with Crippen LogP contribution in [-0.2, 0) is 12.8 Å². The van der Waals surface area contributed by atoms with Crippen LogP contribution in [0.3, 0.4) is 0 Å². The van der Waals surface area contributed by atoms with Gasteiger partial charge in [0.15, 0.2) is 23.0 Å². The molecule has 1 amide bonds. The quantitative estimate of drug-likeness (QED) is 0.237. The zero-order valence-corrected chi connectivity index (χ0v) is 29.6. The van der Waals surface area contributed by atoms with E-state index in [-0.39, 0.29) is 47.7 Å². The van der Waals surface area contributed by atoms with Crippen LogP contribution in [0.15, 0.2) is 36.4 Å². The van der Waals surface area contributed by atoms with Crippen molar-refractivity contribution in [2.75, 3.05) is 49.1 Å². The number of carbonyl (C=O) groups excluding carboxylic acids is 1. The van der Waals surface area contributed by atoms with Gasteiger partial charge in [0.2, 0.25) is 0 Å². The first kappa shape index (κ1) is 34.6. The van der Waals surface area contributed by atoms with Gasteiger partial charge in [0.05, 0.1) is 46.1 Å². The number of benzene rings is 3. The number of ether oxygens (including phenoxy) is 4. The molecule has 3 aromatic carbocycles. The Balaban J connectivity index is 1.60. The van der Waals surface area contributed by atoms with Gasteiger partial charge < -0.3 is 39.4 Å². The van der Waals surface area contributed by atoms with Crippen molar-refractivity contribution >= 4 is 16.8 Å². The highest BCUT2D eigenvalue weighted by Gasteiger charge is 2.50. The second-order valence-electron chi connectivity index (χ2n) is 13.0. The van der Waals surface area contributed by atoms with Crippen molar-refractivity contribution in [3.63, 3.8) is 0 Å². The Morgan fingerprint density at radius 2 is 1.48 bits per heavy atom. The number of phenols is 2. The highest BCUT2D eigenvalue weighted by Crippen LogP contribution is 2.58. The molecule has 12 nitrogen and oxygen atoms in total. The molecule has 0 fully saturated rings.